The molecule has 0 spiro atoms. The fourth-order valence-electron chi connectivity index (χ4n) is 2.85. The number of carboxylic acid groups (broad SMARTS) is 1. The van der Waals surface area contributed by atoms with E-state index in [0.29, 0.717) is 11.7 Å². The molecule has 2 bridgehead atoms. The molecule has 4 rings (SSSR count). The number of ether oxygens (including phenoxy) is 1. The van der Waals surface area contributed by atoms with E-state index in [1.807, 2.05) is 6.07 Å². The Morgan fingerprint density at radius 1 is 1.53 bits per heavy atom. The predicted molar refractivity (Wildman–Crippen MR) is 65.4 cm³/mol. The Morgan fingerprint density at radius 3 is 3.11 bits per heavy atom. The van der Waals surface area contributed by atoms with E-state index in [1.54, 1.807) is 6.20 Å². The van der Waals surface area contributed by atoms with E-state index in [9.17, 15) is 4.79 Å². The first kappa shape index (κ1) is 10.7. The highest BCUT2D eigenvalue weighted by atomic mass is 16.5. The number of anilines is 1. The molecule has 0 aliphatic carbocycles. The highest BCUT2D eigenvalue weighted by Gasteiger charge is 2.39. The predicted octanol–water partition coefficient (Wildman–Crippen LogP) is 0.405. The number of morpholine rings is 1. The first-order chi connectivity index (χ1) is 9.22. The van der Waals surface area contributed by atoms with Gasteiger partial charge in [-0.1, -0.05) is 0 Å². The topological polar surface area (TPSA) is 80.0 Å². The third kappa shape index (κ3) is 1.51. The molecule has 0 aromatic carbocycles. The Kier molecular flexibility index (Phi) is 2.08. The van der Waals surface area contributed by atoms with Gasteiger partial charge >= 0.3 is 5.97 Å². The molecule has 2 aliphatic rings. The van der Waals surface area contributed by atoms with Gasteiger partial charge in [0.05, 0.1) is 24.9 Å². The maximum atomic E-state index is 11.1. The number of hydrogen-bond acceptors (Lipinski definition) is 5. The zero-order valence-electron chi connectivity index (χ0n) is 10.1. The first-order valence-corrected chi connectivity index (χ1v) is 6.18. The molecule has 1 unspecified atom stereocenters. The van der Waals surface area contributed by atoms with Crippen LogP contribution in [0.25, 0.3) is 5.65 Å². The van der Waals surface area contributed by atoms with Crippen LogP contribution < -0.4 is 4.90 Å². The van der Waals surface area contributed by atoms with Gasteiger partial charge in [0.25, 0.3) is 0 Å². The maximum absolute atomic E-state index is 11.1. The van der Waals surface area contributed by atoms with E-state index >= 15 is 0 Å². The number of hydrogen-bond donors (Lipinski definition) is 1. The van der Waals surface area contributed by atoms with E-state index in [2.05, 4.69) is 15.0 Å². The number of aromatic nitrogens is 3. The normalized spacial score (nSPS) is 25.4. The molecular formula is C12H12N4O3. The van der Waals surface area contributed by atoms with Crippen LogP contribution in [0.1, 0.15) is 16.8 Å². The fourth-order valence-corrected chi connectivity index (χ4v) is 2.85. The van der Waals surface area contributed by atoms with Crippen molar-refractivity contribution in [2.75, 3.05) is 18.1 Å². The number of carbonyl (C=O) groups is 1. The Bertz CT molecular complexity index is 668. The van der Waals surface area contributed by atoms with Crippen molar-refractivity contribution in [3.05, 3.63) is 24.0 Å². The van der Waals surface area contributed by atoms with Crippen molar-refractivity contribution in [2.45, 2.75) is 18.6 Å². The van der Waals surface area contributed by atoms with Gasteiger partial charge in [-0.15, -0.1) is 0 Å². The molecule has 7 heteroatoms. The van der Waals surface area contributed by atoms with Crippen LogP contribution in [-0.4, -0.2) is 51.0 Å². The third-order valence-corrected chi connectivity index (χ3v) is 3.78. The Labute approximate surface area is 108 Å². The molecule has 2 aliphatic heterocycles. The second-order valence-corrected chi connectivity index (χ2v) is 4.91. The number of nitrogens with zero attached hydrogens (tertiary/aromatic N) is 4. The standard InChI is InChI=1S/C12H12N4O3/c17-12(18)9-4-13-16-2-1-10(14-11(9)16)15-5-8-3-7(15)6-19-8/h1-2,4,7-8H,3,5-6H2,(H,17,18)/t7-,8?/m1/s1. The van der Waals surface area contributed by atoms with Gasteiger partial charge in [-0.3, -0.25) is 0 Å². The van der Waals surface area contributed by atoms with Crippen LogP contribution in [0, 0.1) is 0 Å². The van der Waals surface area contributed by atoms with Crippen LogP contribution in [0.15, 0.2) is 18.5 Å². The van der Waals surface area contributed by atoms with Crippen molar-refractivity contribution in [2.24, 2.45) is 0 Å². The molecule has 7 nitrogen and oxygen atoms in total. The zero-order valence-corrected chi connectivity index (χ0v) is 10.1. The van der Waals surface area contributed by atoms with Gasteiger partial charge in [-0.25, -0.2) is 14.3 Å². The van der Waals surface area contributed by atoms with Crippen LogP contribution >= 0.6 is 0 Å². The Balaban J connectivity index is 1.79. The van der Waals surface area contributed by atoms with Crippen molar-refractivity contribution < 1.29 is 14.6 Å². The van der Waals surface area contributed by atoms with Gasteiger partial charge in [0, 0.05) is 12.7 Å². The molecule has 2 fully saturated rings. The molecule has 2 aromatic heterocycles. The SMILES string of the molecule is O=C(O)c1cnn2ccc(N3CC4C[C@@H]3CO4)nc12. The molecule has 0 radical (unpaired) electrons. The summed E-state index contributed by atoms with van der Waals surface area (Å²) in [6.07, 6.45) is 4.38. The Hall–Kier alpha value is -2.15. The van der Waals surface area contributed by atoms with Crippen molar-refractivity contribution in [3.63, 3.8) is 0 Å². The average Bonchev–Trinajstić information content (AvgIpc) is 3.12. The summed E-state index contributed by atoms with van der Waals surface area (Å²) >= 11 is 0. The fraction of sp³-hybridized carbons (Fsp3) is 0.417. The van der Waals surface area contributed by atoms with E-state index in [0.717, 1.165) is 25.4 Å². The lowest BCUT2D eigenvalue weighted by molar-refractivity contribution is 0.0698. The highest BCUT2D eigenvalue weighted by Crippen LogP contribution is 2.31. The maximum Gasteiger partial charge on any atom is 0.341 e. The van der Waals surface area contributed by atoms with Gasteiger partial charge in [-0.05, 0) is 12.5 Å². The van der Waals surface area contributed by atoms with Crippen LogP contribution in [0.3, 0.4) is 0 Å². The van der Waals surface area contributed by atoms with Gasteiger partial charge < -0.3 is 14.7 Å². The number of fused-ring (bicyclic) bond motifs is 3. The molecule has 4 heterocycles. The summed E-state index contributed by atoms with van der Waals surface area (Å²) in [5, 5.41) is 13.1. The van der Waals surface area contributed by atoms with Crippen molar-refractivity contribution >= 4 is 17.4 Å². The summed E-state index contributed by atoms with van der Waals surface area (Å²) in [7, 11) is 0. The quantitative estimate of drug-likeness (QED) is 0.842. The largest absolute Gasteiger partial charge is 0.477 e. The lowest BCUT2D eigenvalue weighted by atomic mass is 10.2. The van der Waals surface area contributed by atoms with Crippen LogP contribution in [-0.2, 0) is 4.74 Å². The first-order valence-electron chi connectivity index (χ1n) is 6.18. The molecule has 0 saturated carbocycles. The molecule has 0 amide bonds. The van der Waals surface area contributed by atoms with Crippen molar-refractivity contribution in [1.29, 1.82) is 0 Å². The molecular weight excluding hydrogens is 248 g/mol. The minimum absolute atomic E-state index is 0.127. The second-order valence-electron chi connectivity index (χ2n) is 4.91. The minimum Gasteiger partial charge on any atom is -0.477 e. The van der Waals surface area contributed by atoms with E-state index in [1.165, 1.54) is 10.7 Å². The summed E-state index contributed by atoms with van der Waals surface area (Å²) in [4.78, 5) is 17.7. The third-order valence-electron chi connectivity index (χ3n) is 3.78. The minimum atomic E-state index is -1.01. The molecule has 2 aromatic rings. The molecule has 19 heavy (non-hydrogen) atoms. The number of rotatable bonds is 2. The van der Waals surface area contributed by atoms with Gasteiger partial charge in [-0.2, -0.15) is 5.10 Å². The molecule has 2 saturated heterocycles. The van der Waals surface area contributed by atoms with Crippen LogP contribution in [0.5, 0.6) is 0 Å². The van der Waals surface area contributed by atoms with Gasteiger partial charge in [0.2, 0.25) is 0 Å². The van der Waals surface area contributed by atoms with Crippen molar-refractivity contribution in [3.8, 4) is 0 Å². The summed E-state index contributed by atoms with van der Waals surface area (Å²) in [5.74, 6) is -0.211. The zero-order chi connectivity index (χ0) is 13.0. The Morgan fingerprint density at radius 2 is 2.42 bits per heavy atom. The van der Waals surface area contributed by atoms with E-state index in [-0.39, 0.29) is 11.7 Å². The van der Waals surface area contributed by atoms with Crippen molar-refractivity contribution in [1.82, 2.24) is 14.6 Å². The summed E-state index contributed by atoms with van der Waals surface area (Å²) < 4.78 is 7.04. The van der Waals surface area contributed by atoms with Crippen LogP contribution in [0.2, 0.25) is 0 Å². The monoisotopic (exact) mass is 260 g/mol. The van der Waals surface area contributed by atoms with E-state index < -0.39 is 5.97 Å². The van der Waals surface area contributed by atoms with Gasteiger partial charge in [0.1, 0.15) is 11.4 Å². The lowest BCUT2D eigenvalue weighted by Gasteiger charge is -2.27. The molecule has 1 N–H and O–H groups in total. The summed E-state index contributed by atoms with van der Waals surface area (Å²) in [5.41, 5.74) is 0.510. The average molecular weight is 260 g/mol. The molecule has 98 valence electrons. The number of aromatic carboxylic acids is 1. The smallest absolute Gasteiger partial charge is 0.341 e. The summed E-state index contributed by atoms with van der Waals surface area (Å²) in [6, 6.07) is 2.22. The van der Waals surface area contributed by atoms with E-state index in [4.69, 9.17) is 9.84 Å². The van der Waals surface area contributed by atoms with Gasteiger partial charge in [0.15, 0.2) is 5.65 Å². The molecule has 2 atom stereocenters. The highest BCUT2D eigenvalue weighted by molar-refractivity contribution is 5.94. The summed E-state index contributed by atoms with van der Waals surface area (Å²) in [6.45, 7) is 1.55. The van der Waals surface area contributed by atoms with Crippen LogP contribution in [0.4, 0.5) is 5.82 Å². The second kappa shape index (κ2) is 3.67. The number of carboxylic acids is 1. The lowest BCUT2D eigenvalue weighted by Crippen LogP contribution is -2.37.